The van der Waals surface area contributed by atoms with Gasteiger partial charge in [0, 0.05) is 42.8 Å². The van der Waals surface area contributed by atoms with E-state index >= 15 is 0 Å². The van der Waals surface area contributed by atoms with Gasteiger partial charge in [-0.05, 0) is 58.7 Å². The van der Waals surface area contributed by atoms with Crippen LogP contribution in [0.4, 0.5) is 10.6 Å². The Bertz CT molecular complexity index is 1310. The molecule has 224 valence electrons. The summed E-state index contributed by atoms with van der Waals surface area (Å²) in [7, 11) is 0. The molecule has 13 heteroatoms. The highest BCUT2D eigenvalue weighted by Gasteiger charge is 2.45. The molecule has 0 aliphatic carbocycles. The number of carbonyl (C=O) groups excluding carboxylic acids is 1. The van der Waals surface area contributed by atoms with E-state index in [1.54, 1.807) is 10.9 Å². The second-order valence-electron chi connectivity index (χ2n) is 11.6. The average Bonchev–Trinajstić information content (AvgIpc) is 3.44. The molecule has 1 aliphatic rings. The summed E-state index contributed by atoms with van der Waals surface area (Å²) in [6.45, 7) is 12.0. The Morgan fingerprint density at radius 3 is 2.68 bits per heavy atom. The molecule has 12 nitrogen and oxygen atoms in total. The van der Waals surface area contributed by atoms with Crippen LogP contribution in [0.3, 0.4) is 0 Å². The molecule has 0 bridgehead atoms. The van der Waals surface area contributed by atoms with E-state index in [1.165, 1.54) is 6.33 Å². The number of anilines is 1. The van der Waals surface area contributed by atoms with E-state index in [0.29, 0.717) is 48.2 Å². The number of carbonyl (C=O) groups is 1. The fourth-order valence-electron chi connectivity index (χ4n) is 4.77. The number of aromatic nitrogens is 4. The Hall–Kier alpha value is -3.03. The lowest BCUT2D eigenvalue weighted by atomic mass is 10.1. The minimum absolute atomic E-state index is 0.167. The summed E-state index contributed by atoms with van der Waals surface area (Å²) in [5, 5.41) is 31.6. The van der Waals surface area contributed by atoms with E-state index in [9.17, 15) is 15.0 Å². The lowest BCUT2D eigenvalue weighted by Gasteiger charge is -2.30. The van der Waals surface area contributed by atoms with Gasteiger partial charge < -0.3 is 30.9 Å². The predicted octanol–water partition coefficient (Wildman–Crippen LogP) is 2.91. The number of hydrogen-bond acceptors (Lipinski definition) is 9. The molecule has 0 unspecified atom stereocenters. The normalized spacial score (nSPS) is 21.1. The zero-order valence-electron chi connectivity index (χ0n) is 24.2. The molecule has 4 rings (SSSR count). The lowest BCUT2D eigenvalue weighted by Crippen LogP contribution is -2.47. The van der Waals surface area contributed by atoms with Gasteiger partial charge in [-0.2, -0.15) is 0 Å². The Balaban J connectivity index is 1.38. The molecule has 1 aliphatic heterocycles. The average molecular weight is 589 g/mol. The molecule has 3 aromatic rings. The number of imidazole rings is 1. The van der Waals surface area contributed by atoms with Crippen LogP contribution in [0.25, 0.3) is 11.2 Å². The third-order valence-electron chi connectivity index (χ3n) is 6.86. The highest BCUT2D eigenvalue weighted by Crippen LogP contribution is 2.33. The topological polar surface area (TPSA) is 150 Å². The van der Waals surface area contributed by atoms with E-state index in [0.717, 1.165) is 12.0 Å². The number of nitrogens with zero attached hydrogens (tertiary/aromatic N) is 5. The standard InChI is InChI=1S/C28H41ClN8O4/c1-17(2)36(11-7-10-30-27(40)35-28(3,4)5)14-20-22(38)23(39)26(41-20)37-16-34-21-24(32-15-33-25(21)37)31-13-18-8-6-9-19(29)12-18/h6,8-9,12,15-17,20,22-23,26,38-39H,7,10-11,13-14H2,1-5H3,(H2,30,35,40)(H,31,32,33)/t20-,22-,23-,26-/m1/s1. The molecule has 1 aromatic carbocycles. The van der Waals surface area contributed by atoms with Crippen molar-refractivity contribution in [1.82, 2.24) is 35.1 Å². The molecule has 2 aromatic heterocycles. The van der Waals surface area contributed by atoms with Crippen LogP contribution >= 0.6 is 11.6 Å². The second kappa shape index (κ2) is 13.3. The van der Waals surface area contributed by atoms with Crippen LogP contribution in [0.1, 0.15) is 52.8 Å². The first-order chi connectivity index (χ1) is 19.4. The van der Waals surface area contributed by atoms with Gasteiger partial charge in [0.15, 0.2) is 23.2 Å². The van der Waals surface area contributed by atoms with E-state index < -0.39 is 24.5 Å². The molecule has 0 saturated carbocycles. The SMILES string of the molecule is CC(C)N(CCCNC(=O)NC(C)(C)C)C[C@H]1O[C@@H](n2cnc3c(NCc4cccc(Cl)c4)ncnc32)[C@H](O)[C@@H]1O. The molecule has 1 fully saturated rings. The summed E-state index contributed by atoms with van der Waals surface area (Å²) in [5.41, 5.74) is 1.69. The minimum atomic E-state index is -1.17. The number of fused-ring (bicyclic) bond motifs is 1. The maximum atomic E-state index is 12.0. The number of benzene rings is 1. The van der Waals surface area contributed by atoms with Crippen LogP contribution in [0.5, 0.6) is 0 Å². The van der Waals surface area contributed by atoms with Gasteiger partial charge in [0.1, 0.15) is 24.6 Å². The number of halogens is 1. The smallest absolute Gasteiger partial charge is 0.315 e. The molecular formula is C28H41ClN8O4. The summed E-state index contributed by atoms with van der Waals surface area (Å²) < 4.78 is 7.84. The van der Waals surface area contributed by atoms with Crippen molar-refractivity contribution in [3.63, 3.8) is 0 Å². The van der Waals surface area contributed by atoms with Gasteiger partial charge in [0.25, 0.3) is 0 Å². The van der Waals surface area contributed by atoms with E-state index in [2.05, 4.69) is 49.6 Å². The number of amides is 2. The van der Waals surface area contributed by atoms with Crippen LogP contribution in [-0.2, 0) is 11.3 Å². The quantitative estimate of drug-likeness (QED) is 0.213. The zero-order chi connectivity index (χ0) is 29.7. The largest absolute Gasteiger partial charge is 0.387 e. The van der Waals surface area contributed by atoms with Crippen molar-refractivity contribution in [2.24, 2.45) is 0 Å². The summed E-state index contributed by atoms with van der Waals surface area (Å²) >= 11 is 6.10. The second-order valence-corrected chi connectivity index (χ2v) is 12.1. The highest BCUT2D eigenvalue weighted by molar-refractivity contribution is 6.30. The van der Waals surface area contributed by atoms with Crippen LogP contribution in [0.2, 0.25) is 5.02 Å². The van der Waals surface area contributed by atoms with Gasteiger partial charge in [-0.1, -0.05) is 23.7 Å². The van der Waals surface area contributed by atoms with E-state index in [-0.39, 0.29) is 17.6 Å². The number of aliphatic hydroxyl groups excluding tert-OH is 2. The molecule has 1 saturated heterocycles. The monoisotopic (exact) mass is 588 g/mol. The van der Waals surface area contributed by atoms with Crippen LogP contribution in [0, 0.1) is 0 Å². The molecule has 0 spiro atoms. The maximum Gasteiger partial charge on any atom is 0.315 e. The van der Waals surface area contributed by atoms with Gasteiger partial charge in [-0.3, -0.25) is 9.47 Å². The molecule has 0 radical (unpaired) electrons. The van der Waals surface area contributed by atoms with Crippen LogP contribution in [0.15, 0.2) is 36.9 Å². The third-order valence-corrected chi connectivity index (χ3v) is 7.10. The summed E-state index contributed by atoms with van der Waals surface area (Å²) in [6, 6.07) is 7.50. The number of hydrogen-bond donors (Lipinski definition) is 5. The zero-order valence-corrected chi connectivity index (χ0v) is 25.0. The van der Waals surface area contributed by atoms with Gasteiger partial charge in [-0.25, -0.2) is 19.7 Å². The fourth-order valence-corrected chi connectivity index (χ4v) is 4.98. The first-order valence-electron chi connectivity index (χ1n) is 13.9. The number of aliphatic hydroxyl groups is 2. The van der Waals surface area contributed by atoms with Crippen molar-refractivity contribution in [1.29, 1.82) is 0 Å². The highest BCUT2D eigenvalue weighted by atomic mass is 35.5. The van der Waals surface area contributed by atoms with Gasteiger partial charge in [0.2, 0.25) is 0 Å². The first-order valence-corrected chi connectivity index (χ1v) is 14.3. The molecule has 3 heterocycles. The maximum absolute atomic E-state index is 12.0. The van der Waals surface area contributed by atoms with Crippen molar-refractivity contribution in [2.45, 2.75) is 83.7 Å². The Morgan fingerprint density at radius 2 is 1.98 bits per heavy atom. The van der Waals surface area contributed by atoms with Crippen molar-refractivity contribution < 1.29 is 19.7 Å². The van der Waals surface area contributed by atoms with Crippen LogP contribution in [-0.4, -0.2) is 90.2 Å². The first kappa shape index (κ1) is 30.9. The van der Waals surface area contributed by atoms with Crippen molar-refractivity contribution >= 4 is 34.6 Å². The van der Waals surface area contributed by atoms with Gasteiger partial charge in [0.05, 0.1) is 6.33 Å². The van der Waals surface area contributed by atoms with Gasteiger partial charge >= 0.3 is 6.03 Å². The minimum Gasteiger partial charge on any atom is -0.387 e. The summed E-state index contributed by atoms with van der Waals surface area (Å²) in [4.78, 5) is 27.4. The predicted molar refractivity (Wildman–Crippen MR) is 158 cm³/mol. The number of rotatable bonds is 11. The van der Waals surface area contributed by atoms with Crippen LogP contribution < -0.4 is 16.0 Å². The Kier molecular flexibility index (Phi) is 10.0. The van der Waals surface area contributed by atoms with Gasteiger partial charge in [-0.15, -0.1) is 0 Å². The number of urea groups is 1. The Morgan fingerprint density at radius 1 is 1.20 bits per heavy atom. The third kappa shape index (κ3) is 8.04. The summed E-state index contributed by atoms with van der Waals surface area (Å²) in [6.07, 6.45) is -0.0859. The molecule has 4 atom stereocenters. The molecule has 41 heavy (non-hydrogen) atoms. The number of nitrogens with one attached hydrogen (secondary N) is 3. The van der Waals surface area contributed by atoms with E-state index in [4.69, 9.17) is 16.3 Å². The molecular weight excluding hydrogens is 548 g/mol. The summed E-state index contributed by atoms with van der Waals surface area (Å²) in [5.74, 6) is 0.536. The number of ether oxygens (including phenoxy) is 1. The van der Waals surface area contributed by atoms with Crippen molar-refractivity contribution in [2.75, 3.05) is 25.0 Å². The lowest BCUT2D eigenvalue weighted by molar-refractivity contribution is -0.0468. The Labute approximate surface area is 245 Å². The molecule has 2 amide bonds. The van der Waals surface area contributed by atoms with Crippen molar-refractivity contribution in [3.8, 4) is 0 Å². The molecule has 5 N–H and O–H groups in total. The van der Waals surface area contributed by atoms with E-state index in [1.807, 2.05) is 45.0 Å². The fraction of sp³-hybridized carbons (Fsp3) is 0.571. The van der Waals surface area contributed by atoms with Crippen molar-refractivity contribution in [3.05, 3.63) is 47.5 Å².